The molecule has 0 heterocycles. The molecule has 2 rings (SSSR count). The van der Waals surface area contributed by atoms with Crippen LogP contribution in [0.5, 0.6) is 0 Å². The Morgan fingerprint density at radius 1 is 1.00 bits per heavy atom. The molecule has 3 heteroatoms. The molecule has 0 spiro atoms. The Balaban J connectivity index is 2.35. The summed E-state index contributed by atoms with van der Waals surface area (Å²) in [5.41, 5.74) is 9.98. The molecule has 0 bridgehead atoms. The van der Waals surface area contributed by atoms with Crippen LogP contribution in [0.15, 0.2) is 42.5 Å². The van der Waals surface area contributed by atoms with Gasteiger partial charge >= 0.3 is 0 Å². The predicted molar refractivity (Wildman–Crippen MR) is 79.2 cm³/mol. The number of benzene rings is 2. The Bertz CT molecular complexity index is 566. The second-order valence-electron chi connectivity index (χ2n) is 4.93. The lowest BCUT2D eigenvalue weighted by Crippen LogP contribution is -2.14. The van der Waals surface area contributed by atoms with Gasteiger partial charge in [-0.3, -0.25) is 0 Å². The second kappa shape index (κ2) is 6.64. The van der Waals surface area contributed by atoms with E-state index in [0.717, 1.165) is 11.1 Å². The van der Waals surface area contributed by atoms with Gasteiger partial charge in [-0.15, -0.1) is 0 Å². The van der Waals surface area contributed by atoms with Crippen molar-refractivity contribution >= 4 is 0 Å². The van der Waals surface area contributed by atoms with Crippen LogP contribution in [0.1, 0.15) is 28.4 Å². The summed E-state index contributed by atoms with van der Waals surface area (Å²) in [4.78, 5) is 0. The number of hydrogen-bond acceptors (Lipinski definition) is 2. The maximum absolute atomic E-state index is 13.1. The molecule has 0 aliphatic carbocycles. The van der Waals surface area contributed by atoms with Crippen molar-refractivity contribution in [1.29, 1.82) is 0 Å². The van der Waals surface area contributed by atoms with Gasteiger partial charge < -0.3 is 10.5 Å². The van der Waals surface area contributed by atoms with E-state index >= 15 is 0 Å². The maximum atomic E-state index is 13.1. The molecular weight excluding hydrogens is 253 g/mol. The zero-order valence-corrected chi connectivity index (χ0v) is 11.9. The fourth-order valence-corrected chi connectivity index (χ4v) is 2.14. The van der Waals surface area contributed by atoms with Crippen molar-refractivity contribution in [3.05, 3.63) is 70.5 Å². The topological polar surface area (TPSA) is 35.2 Å². The Hall–Kier alpha value is -1.71. The smallest absolute Gasteiger partial charge is 0.123 e. The van der Waals surface area contributed by atoms with Gasteiger partial charge in [0.2, 0.25) is 0 Å². The van der Waals surface area contributed by atoms with Gasteiger partial charge in [0, 0.05) is 6.54 Å². The third-order valence-electron chi connectivity index (χ3n) is 3.41. The number of ether oxygens (including phenoxy) is 1. The summed E-state index contributed by atoms with van der Waals surface area (Å²) in [5.74, 6) is -0.244. The van der Waals surface area contributed by atoms with Crippen LogP contribution in [0.3, 0.4) is 0 Å². The van der Waals surface area contributed by atoms with Gasteiger partial charge in [-0.1, -0.05) is 30.3 Å². The van der Waals surface area contributed by atoms with Crippen molar-refractivity contribution in [3.63, 3.8) is 0 Å². The predicted octanol–water partition coefficient (Wildman–Crippen LogP) is 3.51. The van der Waals surface area contributed by atoms with Crippen LogP contribution in [0.25, 0.3) is 0 Å². The highest BCUT2D eigenvalue weighted by molar-refractivity contribution is 5.36. The first-order valence-corrected chi connectivity index (χ1v) is 6.76. The van der Waals surface area contributed by atoms with Crippen LogP contribution in [0.2, 0.25) is 0 Å². The minimum absolute atomic E-state index is 0.210. The monoisotopic (exact) mass is 273 g/mol. The minimum atomic E-state index is -0.244. The molecule has 20 heavy (non-hydrogen) atoms. The molecule has 0 radical (unpaired) electrons. The van der Waals surface area contributed by atoms with E-state index in [2.05, 4.69) is 26.0 Å². The Morgan fingerprint density at radius 3 is 2.25 bits per heavy atom. The molecule has 2 aromatic carbocycles. The molecule has 0 aromatic heterocycles. The lowest BCUT2D eigenvalue weighted by atomic mass is 9.97. The Kier molecular flexibility index (Phi) is 4.88. The number of aryl methyl sites for hydroxylation is 2. The Morgan fingerprint density at radius 2 is 1.65 bits per heavy atom. The van der Waals surface area contributed by atoms with Crippen LogP contribution in [0.4, 0.5) is 4.39 Å². The Labute approximate surface area is 119 Å². The summed E-state index contributed by atoms with van der Waals surface area (Å²) < 4.78 is 18.9. The lowest BCUT2D eigenvalue weighted by molar-refractivity contribution is 0.0863. The number of hydrogen-bond donors (Lipinski definition) is 1. The van der Waals surface area contributed by atoms with E-state index in [0.29, 0.717) is 13.2 Å². The van der Waals surface area contributed by atoms with Crippen LogP contribution in [-0.4, -0.2) is 13.2 Å². The SMILES string of the molecule is Cc1ccc(C(OCCN)c2ccc(F)cc2)cc1C. The minimum Gasteiger partial charge on any atom is -0.367 e. The second-order valence-corrected chi connectivity index (χ2v) is 4.93. The van der Waals surface area contributed by atoms with E-state index in [1.54, 1.807) is 12.1 Å². The first-order chi connectivity index (χ1) is 9.61. The molecule has 0 saturated heterocycles. The molecule has 106 valence electrons. The maximum Gasteiger partial charge on any atom is 0.123 e. The van der Waals surface area contributed by atoms with Gasteiger partial charge in [-0.25, -0.2) is 4.39 Å². The number of halogens is 1. The van der Waals surface area contributed by atoms with Gasteiger partial charge in [0.05, 0.1) is 6.61 Å². The van der Waals surface area contributed by atoms with Gasteiger partial charge in [0.15, 0.2) is 0 Å². The lowest BCUT2D eigenvalue weighted by Gasteiger charge is -2.19. The first-order valence-electron chi connectivity index (χ1n) is 6.76. The summed E-state index contributed by atoms with van der Waals surface area (Å²) in [6, 6.07) is 12.7. The summed E-state index contributed by atoms with van der Waals surface area (Å²) in [7, 11) is 0. The van der Waals surface area contributed by atoms with Crippen molar-refractivity contribution in [3.8, 4) is 0 Å². The van der Waals surface area contributed by atoms with Crippen LogP contribution < -0.4 is 5.73 Å². The summed E-state index contributed by atoms with van der Waals surface area (Å²) in [6.07, 6.45) is -0.210. The average molecular weight is 273 g/mol. The van der Waals surface area contributed by atoms with E-state index in [9.17, 15) is 4.39 Å². The molecular formula is C17H20FNO. The van der Waals surface area contributed by atoms with Gasteiger partial charge in [-0.2, -0.15) is 0 Å². The molecule has 2 aromatic rings. The van der Waals surface area contributed by atoms with Crippen molar-refractivity contribution in [2.24, 2.45) is 5.73 Å². The summed E-state index contributed by atoms with van der Waals surface area (Å²) in [6.45, 7) is 5.08. The highest BCUT2D eigenvalue weighted by Gasteiger charge is 2.15. The summed E-state index contributed by atoms with van der Waals surface area (Å²) in [5, 5.41) is 0. The zero-order chi connectivity index (χ0) is 14.5. The van der Waals surface area contributed by atoms with E-state index in [1.807, 2.05) is 6.07 Å². The highest BCUT2D eigenvalue weighted by Crippen LogP contribution is 2.27. The van der Waals surface area contributed by atoms with Crippen LogP contribution in [0, 0.1) is 19.7 Å². The van der Waals surface area contributed by atoms with Gasteiger partial charge in [0.25, 0.3) is 0 Å². The largest absolute Gasteiger partial charge is 0.367 e. The third-order valence-corrected chi connectivity index (χ3v) is 3.41. The van der Waals surface area contributed by atoms with Crippen molar-refractivity contribution in [1.82, 2.24) is 0 Å². The van der Waals surface area contributed by atoms with Crippen molar-refractivity contribution in [2.75, 3.05) is 13.2 Å². The molecule has 2 N–H and O–H groups in total. The van der Waals surface area contributed by atoms with E-state index in [-0.39, 0.29) is 11.9 Å². The quantitative estimate of drug-likeness (QED) is 0.904. The molecule has 0 aliphatic rings. The normalized spacial score (nSPS) is 12.4. The zero-order valence-electron chi connectivity index (χ0n) is 11.9. The van der Waals surface area contributed by atoms with E-state index < -0.39 is 0 Å². The molecule has 0 amide bonds. The van der Waals surface area contributed by atoms with Crippen molar-refractivity contribution in [2.45, 2.75) is 20.0 Å². The molecule has 1 atom stereocenters. The molecule has 2 nitrogen and oxygen atoms in total. The molecule has 0 aliphatic heterocycles. The standard InChI is InChI=1S/C17H20FNO/c1-12-3-4-15(11-13(12)2)17(20-10-9-19)14-5-7-16(18)8-6-14/h3-8,11,17H,9-10,19H2,1-2H3. The third kappa shape index (κ3) is 3.44. The molecule has 1 unspecified atom stereocenters. The average Bonchev–Trinajstić information content (AvgIpc) is 2.45. The number of nitrogens with two attached hydrogens (primary N) is 1. The van der Waals surface area contributed by atoms with Crippen LogP contribution >= 0.6 is 0 Å². The van der Waals surface area contributed by atoms with Gasteiger partial charge in [0.1, 0.15) is 11.9 Å². The van der Waals surface area contributed by atoms with Crippen LogP contribution in [-0.2, 0) is 4.74 Å². The fourth-order valence-electron chi connectivity index (χ4n) is 2.14. The van der Waals surface area contributed by atoms with Gasteiger partial charge in [-0.05, 0) is 48.2 Å². The van der Waals surface area contributed by atoms with E-state index in [4.69, 9.17) is 10.5 Å². The molecule has 0 fully saturated rings. The fraction of sp³-hybridized carbons (Fsp3) is 0.294. The first kappa shape index (κ1) is 14.7. The highest BCUT2D eigenvalue weighted by atomic mass is 19.1. The molecule has 0 saturated carbocycles. The number of rotatable bonds is 5. The van der Waals surface area contributed by atoms with Crippen molar-refractivity contribution < 1.29 is 9.13 Å². The van der Waals surface area contributed by atoms with E-state index in [1.165, 1.54) is 23.3 Å². The summed E-state index contributed by atoms with van der Waals surface area (Å²) >= 11 is 0.